The molecule has 1 aromatic carbocycles. The van der Waals surface area contributed by atoms with E-state index in [4.69, 9.17) is 4.74 Å². The van der Waals surface area contributed by atoms with E-state index in [2.05, 4.69) is 37.8 Å². The standard InChI is InChI=1S/C18H23N3O2/c1-12(2)23-17(22)19-16-11-15(18(4,5)6)20-21(16)14-9-7-13(3)8-10-14/h7-11H,1H2,2-6H3,(H,19,22). The number of aryl methyl sites for hydroxylation is 1. The molecule has 0 unspecified atom stereocenters. The molecule has 0 atom stereocenters. The molecule has 1 amide bonds. The number of amides is 1. The van der Waals surface area contributed by atoms with Crippen LogP contribution in [0.1, 0.15) is 39.0 Å². The zero-order chi connectivity index (χ0) is 17.2. The quantitative estimate of drug-likeness (QED) is 0.845. The molecule has 0 spiro atoms. The molecular weight excluding hydrogens is 290 g/mol. The number of rotatable bonds is 3. The Morgan fingerprint density at radius 1 is 1.26 bits per heavy atom. The van der Waals surface area contributed by atoms with Gasteiger partial charge in [-0.2, -0.15) is 5.10 Å². The molecule has 5 heteroatoms. The Labute approximate surface area is 137 Å². The third-order valence-electron chi connectivity index (χ3n) is 3.25. The smallest absolute Gasteiger partial charge is 0.416 e. The van der Waals surface area contributed by atoms with Crippen molar-refractivity contribution in [2.75, 3.05) is 5.32 Å². The topological polar surface area (TPSA) is 56.1 Å². The minimum atomic E-state index is -0.578. The van der Waals surface area contributed by atoms with Gasteiger partial charge in [-0.1, -0.05) is 45.0 Å². The molecule has 0 saturated carbocycles. The lowest BCUT2D eigenvalue weighted by atomic mass is 9.92. The highest BCUT2D eigenvalue weighted by molar-refractivity contribution is 5.84. The van der Waals surface area contributed by atoms with Gasteiger partial charge in [0.15, 0.2) is 0 Å². The van der Waals surface area contributed by atoms with E-state index >= 15 is 0 Å². The van der Waals surface area contributed by atoms with Crippen molar-refractivity contribution >= 4 is 11.9 Å². The maximum atomic E-state index is 11.9. The SMILES string of the molecule is C=C(C)OC(=O)Nc1cc(C(C)(C)C)nn1-c1ccc(C)cc1. The van der Waals surface area contributed by atoms with Crippen molar-refractivity contribution in [1.82, 2.24) is 9.78 Å². The molecule has 23 heavy (non-hydrogen) atoms. The van der Waals surface area contributed by atoms with Crippen molar-refractivity contribution in [2.45, 2.75) is 40.0 Å². The normalized spacial score (nSPS) is 11.2. The Hall–Kier alpha value is -2.56. The minimum absolute atomic E-state index is 0.134. The molecule has 0 saturated heterocycles. The molecule has 1 aromatic heterocycles. The van der Waals surface area contributed by atoms with Gasteiger partial charge in [-0.05, 0) is 26.0 Å². The van der Waals surface area contributed by atoms with Crippen molar-refractivity contribution in [1.29, 1.82) is 0 Å². The van der Waals surface area contributed by atoms with Crippen molar-refractivity contribution in [3.05, 3.63) is 53.9 Å². The molecule has 122 valence electrons. The number of nitrogens with zero attached hydrogens (tertiary/aromatic N) is 2. The molecular formula is C18H23N3O2. The molecule has 0 aliphatic heterocycles. The molecule has 0 aliphatic carbocycles. The number of carbonyl (C=O) groups is 1. The summed E-state index contributed by atoms with van der Waals surface area (Å²) in [6.45, 7) is 13.4. The second-order valence-electron chi connectivity index (χ2n) is 6.63. The van der Waals surface area contributed by atoms with Crippen molar-refractivity contribution < 1.29 is 9.53 Å². The molecule has 2 aromatic rings. The number of hydrogen-bond donors (Lipinski definition) is 1. The Balaban J connectivity index is 2.42. The molecule has 1 heterocycles. The fourth-order valence-corrected chi connectivity index (χ4v) is 2.01. The van der Waals surface area contributed by atoms with Crippen LogP contribution in [0, 0.1) is 6.92 Å². The maximum Gasteiger partial charge on any atom is 0.417 e. The lowest BCUT2D eigenvalue weighted by Gasteiger charge is -2.14. The first-order chi connectivity index (χ1) is 10.7. The van der Waals surface area contributed by atoms with E-state index in [1.54, 1.807) is 11.6 Å². The van der Waals surface area contributed by atoms with Crippen LogP contribution in [0.15, 0.2) is 42.7 Å². The van der Waals surface area contributed by atoms with Gasteiger partial charge in [0.1, 0.15) is 5.82 Å². The van der Waals surface area contributed by atoms with Crippen LogP contribution in [0.5, 0.6) is 0 Å². The molecule has 0 radical (unpaired) electrons. The van der Waals surface area contributed by atoms with Gasteiger partial charge in [0.25, 0.3) is 0 Å². The van der Waals surface area contributed by atoms with E-state index in [0.29, 0.717) is 11.6 Å². The number of aromatic nitrogens is 2. The molecule has 5 nitrogen and oxygen atoms in total. The monoisotopic (exact) mass is 313 g/mol. The summed E-state index contributed by atoms with van der Waals surface area (Å²) in [6.07, 6.45) is -0.578. The lowest BCUT2D eigenvalue weighted by Crippen LogP contribution is -2.15. The van der Waals surface area contributed by atoms with Crippen LogP contribution in [0.25, 0.3) is 5.69 Å². The fraction of sp³-hybridized carbons (Fsp3) is 0.333. The van der Waals surface area contributed by atoms with Gasteiger partial charge >= 0.3 is 6.09 Å². The van der Waals surface area contributed by atoms with Gasteiger partial charge in [-0.15, -0.1) is 0 Å². The van der Waals surface area contributed by atoms with E-state index in [-0.39, 0.29) is 5.41 Å². The third kappa shape index (κ3) is 4.22. The van der Waals surface area contributed by atoms with E-state index in [0.717, 1.165) is 16.9 Å². The largest absolute Gasteiger partial charge is 0.417 e. The maximum absolute atomic E-state index is 11.9. The highest BCUT2D eigenvalue weighted by atomic mass is 16.6. The third-order valence-corrected chi connectivity index (χ3v) is 3.25. The summed E-state index contributed by atoms with van der Waals surface area (Å²) in [5.74, 6) is 0.893. The molecule has 0 aliphatic rings. The minimum Gasteiger partial charge on any atom is -0.416 e. The van der Waals surface area contributed by atoms with Gasteiger partial charge in [-0.3, -0.25) is 5.32 Å². The van der Waals surface area contributed by atoms with Crippen molar-refractivity contribution in [3.63, 3.8) is 0 Å². The Bertz CT molecular complexity index is 722. The van der Waals surface area contributed by atoms with Gasteiger partial charge < -0.3 is 4.74 Å². The van der Waals surface area contributed by atoms with Crippen LogP contribution in [-0.4, -0.2) is 15.9 Å². The average Bonchev–Trinajstić information content (AvgIpc) is 2.82. The first-order valence-electron chi connectivity index (χ1n) is 7.49. The van der Waals surface area contributed by atoms with E-state index in [9.17, 15) is 4.79 Å². The molecule has 0 bridgehead atoms. The summed E-state index contributed by atoms with van der Waals surface area (Å²) in [4.78, 5) is 11.9. The Morgan fingerprint density at radius 2 is 1.87 bits per heavy atom. The molecule has 1 N–H and O–H groups in total. The number of nitrogens with one attached hydrogen (secondary N) is 1. The Kier molecular flexibility index (Phi) is 4.59. The van der Waals surface area contributed by atoms with E-state index < -0.39 is 6.09 Å². The second-order valence-corrected chi connectivity index (χ2v) is 6.63. The summed E-state index contributed by atoms with van der Waals surface area (Å²) in [6, 6.07) is 9.79. The molecule has 0 fully saturated rings. The van der Waals surface area contributed by atoms with Gasteiger partial charge in [0, 0.05) is 11.5 Å². The number of ether oxygens (including phenoxy) is 1. The summed E-state index contributed by atoms with van der Waals surface area (Å²) >= 11 is 0. The van der Waals surface area contributed by atoms with Crippen LogP contribution < -0.4 is 5.32 Å². The zero-order valence-corrected chi connectivity index (χ0v) is 14.3. The predicted molar refractivity (Wildman–Crippen MR) is 91.9 cm³/mol. The average molecular weight is 313 g/mol. The van der Waals surface area contributed by atoms with E-state index in [1.807, 2.05) is 37.3 Å². The Morgan fingerprint density at radius 3 is 2.39 bits per heavy atom. The first kappa shape index (κ1) is 16.8. The lowest BCUT2D eigenvalue weighted by molar-refractivity contribution is 0.192. The summed E-state index contributed by atoms with van der Waals surface area (Å²) < 4.78 is 6.68. The van der Waals surface area contributed by atoms with Crippen LogP contribution >= 0.6 is 0 Å². The number of benzene rings is 1. The summed E-state index contributed by atoms with van der Waals surface area (Å²) in [5, 5.41) is 7.36. The van der Waals surface area contributed by atoms with Crippen molar-refractivity contribution in [2.24, 2.45) is 0 Å². The predicted octanol–water partition coefficient (Wildman–Crippen LogP) is 4.56. The van der Waals surface area contributed by atoms with Crippen LogP contribution in [0.3, 0.4) is 0 Å². The first-order valence-corrected chi connectivity index (χ1v) is 7.49. The zero-order valence-electron chi connectivity index (χ0n) is 14.3. The second kappa shape index (κ2) is 6.28. The number of allylic oxidation sites excluding steroid dienone is 1. The van der Waals surface area contributed by atoms with Crippen LogP contribution in [0.4, 0.5) is 10.6 Å². The van der Waals surface area contributed by atoms with Gasteiger partial charge in [0.05, 0.1) is 17.1 Å². The van der Waals surface area contributed by atoms with Gasteiger partial charge in [-0.25, -0.2) is 9.48 Å². The number of anilines is 1. The van der Waals surface area contributed by atoms with Gasteiger partial charge in [0.2, 0.25) is 0 Å². The summed E-state index contributed by atoms with van der Waals surface area (Å²) in [5.41, 5.74) is 2.78. The highest BCUT2D eigenvalue weighted by Crippen LogP contribution is 2.26. The number of carbonyl (C=O) groups excluding carboxylic acids is 1. The molecule has 2 rings (SSSR count). The highest BCUT2D eigenvalue weighted by Gasteiger charge is 2.21. The van der Waals surface area contributed by atoms with Crippen LogP contribution in [0.2, 0.25) is 0 Å². The fourth-order valence-electron chi connectivity index (χ4n) is 2.01. The van der Waals surface area contributed by atoms with E-state index in [1.165, 1.54) is 0 Å². The number of hydrogen-bond acceptors (Lipinski definition) is 3. The summed E-state index contributed by atoms with van der Waals surface area (Å²) in [7, 11) is 0. The van der Waals surface area contributed by atoms with Crippen LogP contribution in [-0.2, 0) is 10.2 Å². The van der Waals surface area contributed by atoms with Crippen molar-refractivity contribution in [3.8, 4) is 5.69 Å².